The van der Waals surface area contributed by atoms with Crippen LogP contribution in [0.3, 0.4) is 0 Å². The standard InChI is InChI=1S/C21H20F3N3OS/c1-13-4-9-17-18(11-13)29-20(26-17)27-10-2-3-14(12-27)19(28)25-16-7-5-15(6-8-16)21(22,23)24/h4-9,11,14H,2-3,10,12H2,1H3,(H,25,28). The van der Waals surface area contributed by atoms with Crippen LogP contribution in [-0.2, 0) is 11.0 Å². The molecule has 1 aliphatic rings. The molecule has 1 aromatic heterocycles. The first kappa shape index (κ1) is 19.7. The van der Waals surface area contributed by atoms with Crippen molar-refractivity contribution in [2.24, 2.45) is 5.92 Å². The fraction of sp³-hybridized carbons (Fsp3) is 0.333. The maximum absolute atomic E-state index is 12.7. The first-order chi connectivity index (χ1) is 13.8. The zero-order valence-electron chi connectivity index (χ0n) is 15.8. The molecule has 0 bridgehead atoms. The van der Waals surface area contributed by atoms with Gasteiger partial charge in [-0.1, -0.05) is 17.4 Å². The minimum Gasteiger partial charge on any atom is -0.347 e. The molecular weight excluding hydrogens is 399 g/mol. The minimum absolute atomic E-state index is 0.175. The average Bonchev–Trinajstić information content (AvgIpc) is 3.11. The number of hydrogen-bond acceptors (Lipinski definition) is 4. The van der Waals surface area contributed by atoms with Gasteiger partial charge in [-0.15, -0.1) is 0 Å². The molecule has 1 aliphatic heterocycles. The molecule has 0 aliphatic carbocycles. The summed E-state index contributed by atoms with van der Waals surface area (Å²) in [5.41, 5.74) is 1.77. The molecule has 4 rings (SSSR count). The third-order valence-corrected chi connectivity index (χ3v) is 6.15. The van der Waals surface area contributed by atoms with Gasteiger partial charge >= 0.3 is 6.18 Å². The Morgan fingerprint density at radius 1 is 1.21 bits per heavy atom. The monoisotopic (exact) mass is 419 g/mol. The topological polar surface area (TPSA) is 45.2 Å². The van der Waals surface area contributed by atoms with Crippen molar-refractivity contribution in [3.63, 3.8) is 0 Å². The average molecular weight is 419 g/mol. The Kier molecular flexibility index (Phi) is 5.21. The molecule has 1 unspecified atom stereocenters. The number of benzene rings is 2. The van der Waals surface area contributed by atoms with Crippen LogP contribution in [0.2, 0.25) is 0 Å². The van der Waals surface area contributed by atoms with Gasteiger partial charge in [0.1, 0.15) is 0 Å². The number of aromatic nitrogens is 1. The van der Waals surface area contributed by atoms with E-state index in [1.165, 1.54) is 17.7 Å². The maximum atomic E-state index is 12.7. The predicted molar refractivity (Wildman–Crippen MR) is 109 cm³/mol. The van der Waals surface area contributed by atoms with Crippen LogP contribution >= 0.6 is 11.3 Å². The smallest absolute Gasteiger partial charge is 0.347 e. The predicted octanol–water partition coefficient (Wildman–Crippen LogP) is 5.48. The summed E-state index contributed by atoms with van der Waals surface area (Å²) in [7, 11) is 0. The number of alkyl halides is 3. The molecule has 3 aromatic rings. The highest BCUT2D eigenvalue weighted by atomic mass is 32.1. The van der Waals surface area contributed by atoms with E-state index in [0.717, 1.165) is 46.9 Å². The molecule has 0 radical (unpaired) electrons. The number of fused-ring (bicyclic) bond motifs is 1. The molecule has 2 aromatic carbocycles. The van der Waals surface area contributed by atoms with Crippen LogP contribution < -0.4 is 10.2 Å². The number of halogens is 3. The van der Waals surface area contributed by atoms with Gasteiger partial charge in [0.2, 0.25) is 5.91 Å². The van der Waals surface area contributed by atoms with Gasteiger partial charge in [0.05, 0.1) is 21.7 Å². The number of anilines is 2. The Morgan fingerprint density at radius 3 is 2.69 bits per heavy atom. The van der Waals surface area contributed by atoms with Crippen LogP contribution in [0.25, 0.3) is 10.2 Å². The summed E-state index contributed by atoms with van der Waals surface area (Å²) >= 11 is 1.62. The number of thiazole rings is 1. The summed E-state index contributed by atoms with van der Waals surface area (Å²) in [4.78, 5) is 19.5. The largest absolute Gasteiger partial charge is 0.416 e. The van der Waals surface area contributed by atoms with Crippen molar-refractivity contribution in [2.45, 2.75) is 25.9 Å². The molecule has 1 amide bonds. The second-order valence-electron chi connectivity index (χ2n) is 7.32. The van der Waals surface area contributed by atoms with Crippen molar-refractivity contribution in [1.82, 2.24) is 4.98 Å². The zero-order valence-corrected chi connectivity index (χ0v) is 16.6. The summed E-state index contributed by atoms with van der Waals surface area (Å²) in [6.07, 6.45) is -2.78. The van der Waals surface area contributed by atoms with Crippen LogP contribution in [0.4, 0.5) is 24.0 Å². The van der Waals surface area contributed by atoms with E-state index in [-0.39, 0.29) is 11.8 Å². The highest BCUT2D eigenvalue weighted by molar-refractivity contribution is 7.22. The number of piperidine rings is 1. The van der Waals surface area contributed by atoms with E-state index in [4.69, 9.17) is 4.98 Å². The molecule has 1 N–H and O–H groups in total. The molecule has 29 heavy (non-hydrogen) atoms. The number of amides is 1. The number of aryl methyl sites for hydroxylation is 1. The quantitative estimate of drug-likeness (QED) is 0.612. The molecule has 0 spiro atoms. The van der Waals surface area contributed by atoms with Crippen LogP contribution in [0.15, 0.2) is 42.5 Å². The van der Waals surface area contributed by atoms with Crippen LogP contribution in [0.5, 0.6) is 0 Å². The minimum atomic E-state index is -4.39. The van der Waals surface area contributed by atoms with Gasteiger partial charge in [-0.25, -0.2) is 4.98 Å². The fourth-order valence-corrected chi connectivity index (χ4v) is 4.61. The summed E-state index contributed by atoms with van der Waals surface area (Å²) in [5, 5.41) is 3.65. The summed E-state index contributed by atoms with van der Waals surface area (Å²) < 4.78 is 39.2. The lowest BCUT2D eigenvalue weighted by atomic mass is 9.97. The third kappa shape index (κ3) is 4.37. The van der Waals surface area contributed by atoms with Crippen molar-refractivity contribution in [2.75, 3.05) is 23.3 Å². The van der Waals surface area contributed by atoms with Crippen molar-refractivity contribution >= 4 is 38.3 Å². The van der Waals surface area contributed by atoms with E-state index in [1.807, 2.05) is 19.1 Å². The Hall–Kier alpha value is -2.61. The highest BCUT2D eigenvalue weighted by Gasteiger charge is 2.31. The van der Waals surface area contributed by atoms with Gasteiger partial charge in [0.25, 0.3) is 0 Å². The summed E-state index contributed by atoms with van der Waals surface area (Å²) in [5.74, 6) is -0.411. The maximum Gasteiger partial charge on any atom is 0.416 e. The molecule has 152 valence electrons. The van der Waals surface area contributed by atoms with Gasteiger partial charge in [-0.2, -0.15) is 13.2 Å². The Morgan fingerprint density at radius 2 is 1.97 bits per heavy atom. The summed E-state index contributed by atoms with van der Waals surface area (Å²) in [6.45, 7) is 3.43. The third-order valence-electron chi connectivity index (χ3n) is 5.08. The Labute approximate surface area is 170 Å². The number of carbonyl (C=O) groups is 1. The van der Waals surface area contributed by atoms with Gasteiger partial charge in [-0.05, 0) is 61.7 Å². The first-order valence-electron chi connectivity index (χ1n) is 9.40. The molecular formula is C21H20F3N3OS. The van der Waals surface area contributed by atoms with Crippen molar-refractivity contribution in [3.05, 3.63) is 53.6 Å². The normalized spacial score (nSPS) is 17.5. The lowest BCUT2D eigenvalue weighted by molar-refractivity contribution is -0.137. The van der Waals surface area contributed by atoms with E-state index < -0.39 is 11.7 Å². The number of rotatable bonds is 3. The van der Waals surface area contributed by atoms with E-state index in [0.29, 0.717) is 12.2 Å². The number of hydrogen-bond donors (Lipinski definition) is 1. The number of nitrogens with one attached hydrogen (secondary N) is 1. The highest BCUT2D eigenvalue weighted by Crippen LogP contribution is 2.33. The van der Waals surface area contributed by atoms with E-state index in [2.05, 4.69) is 16.3 Å². The lowest BCUT2D eigenvalue weighted by Crippen LogP contribution is -2.40. The molecule has 4 nitrogen and oxygen atoms in total. The van der Waals surface area contributed by atoms with Crippen LogP contribution in [-0.4, -0.2) is 24.0 Å². The Bertz CT molecular complexity index is 1030. The van der Waals surface area contributed by atoms with E-state index >= 15 is 0 Å². The molecule has 2 heterocycles. The zero-order chi connectivity index (χ0) is 20.6. The second kappa shape index (κ2) is 7.67. The SMILES string of the molecule is Cc1ccc2nc(N3CCCC(C(=O)Nc4ccc(C(F)(F)F)cc4)C3)sc2c1. The van der Waals surface area contributed by atoms with Crippen molar-refractivity contribution in [1.29, 1.82) is 0 Å². The van der Waals surface area contributed by atoms with Gasteiger partial charge in [0, 0.05) is 18.8 Å². The van der Waals surface area contributed by atoms with Crippen molar-refractivity contribution in [3.8, 4) is 0 Å². The number of carbonyl (C=O) groups excluding carboxylic acids is 1. The van der Waals surface area contributed by atoms with E-state index in [1.54, 1.807) is 11.3 Å². The molecule has 0 saturated carbocycles. The van der Waals surface area contributed by atoms with Gasteiger partial charge < -0.3 is 10.2 Å². The molecule has 8 heteroatoms. The second-order valence-corrected chi connectivity index (χ2v) is 8.33. The summed E-state index contributed by atoms with van der Waals surface area (Å²) in [6, 6.07) is 10.7. The first-order valence-corrected chi connectivity index (χ1v) is 10.2. The van der Waals surface area contributed by atoms with Gasteiger partial charge in [-0.3, -0.25) is 4.79 Å². The number of nitrogens with zero attached hydrogens (tertiary/aromatic N) is 2. The molecule has 1 fully saturated rings. The van der Waals surface area contributed by atoms with Crippen molar-refractivity contribution < 1.29 is 18.0 Å². The molecule has 1 atom stereocenters. The van der Waals surface area contributed by atoms with Gasteiger partial charge in [0.15, 0.2) is 5.13 Å². The fourth-order valence-electron chi connectivity index (χ4n) is 3.51. The molecule has 1 saturated heterocycles. The van der Waals surface area contributed by atoms with Crippen LogP contribution in [0, 0.1) is 12.8 Å². The lowest BCUT2D eigenvalue weighted by Gasteiger charge is -2.31. The Balaban J connectivity index is 1.44. The van der Waals surface area contributed by atoms with Crippen LogP contribution in [0.1, 0.15) is 24.0 Å². The van der Waals surface area contributed by atoms with E-state index in [9.17, 15) is 18.0 Å².